The van der Waals surface area contributed by atoms with E-state index in [0.29, 0.717) is 24.2 Å². The number of aryl methyl sites for hydroxylation is 2. The van der Waals surface area contributed by atoms with Crippen LogP contribution in [0.15, 0.2) is 54.7 Å². The molecule has 0 aliphatic carbocycles. The van der Waals surface area contributed by atoms with Gasteiger partial charge in [0.05, 0.1) is 29.9 Å². The van der Waals surface area contributed by atoms with Crippen molar-refractivity contribution in [1.29, 1.82) is 0 Å². The number of anilines is 2. The van der Waals surface area contributed by atoms with Crippen LogP contribution in [0.1, 0.15) is 41.2 Å². The van der Waals surface area contributed by atoms with Gasteiger partial charge in [-0.15, -0.1) is 0 Å². The number of methoxy groups -OCH3 is 1. The van der Waals surface area contributed by atoms with Crippen molar-refractivity contribution in [2.24, 2.45) is 0 Å². The predicted molar refractivity (Wildman–Crippen MR) is 162 cm³/mol. The number of rotatable bonds is 4. The van der Waals surface area contributed by atoms with E-state index in [-0.39, 0.29) is 5.91 Å². The third-order valence-corrected chi connectivity index (χ3v) is 8.71. The maximum Gasteiger partial charge on any atom is 0.258 e. The number of ether oxygens (including phenoxy) is 1. The molecule has 2 aliphatic heterocycles. The van der Waals surface area contributed by atoms with Crippen LogP contribution in [0.25, 0.3) is 22.0 Å². The minimum atomic E-state index is 0.0183. The average molecular weight is 536 g/mol. The Bertz CT molecular complexity index is 1600. The third-order valence-electron chi connectivity index (χ3n) is 8.71. The number of nitrogens with zero attached hydrogens (tertiary/aromatic N) is 5. The van der Waals surface area contributed by atoms with E-state index >= 15 is 0 Å². The molecule has 0 saturated carbocycles. The Morgan fingerprint density at radius 2 is 1.70 bits per heavy atom. The van der Waals surface area contributed by atoms with Crippen LogP contribution in [0.3, 0.4) is 0 Å². The summed E-state index contributed by atoms with van der Waals surface area (Å²) in [5, 5.41) is 1.93. The lowest BCUT2D eigenvalue weighted by Crippen LogP contribution is -2.55. The first-order chi connectivity index (χ1) is 19.3. The van der Waals surface area contributed by atoms with E-state index < -0.39 is 0 Å². The number of amides is 1. The minimum Gasteiger partial charge on any atom is -0.495 e. The van der Waals surface area contributed by atoms with Gasteiger partial charge in [-0.05, 0) is 75.7 Å². The molecule has 3 heterocycles. The van der Waals surface area contributed by atoms with Crippen molar-refractivity contribution in [2.45, 2.75) is 46.2 Å². The molecule has 1 amide bonds. The van der Waals surface area contributed by atoms with E-state index in [9.17, 15) is 4.79 Å². The second-order valence-corrected chi connectivity index (χ2v) is 11.3. The first-order valence-corrected chi connectivity index (χ1v) is 14.1. The normalized spacial score (nSPS) is 19.2. The minimum absolute atomic E-state index is 0.0183. The highest BCUT2D eigenvalue weighted by atomic mass is 16.5. The molecule has 0 unspecified atom stereocenters. The Kier molecular flexibility index (Phi) is 6.70. The van der Waals surface area contributed by atoms with Gasteiger partial charge in [-0.2, -0.15) is 0 Å². The zero-order valence-electron chi connectivity index (χ0n) is 24.2. The molecule has 7 heteroatoms. The van der Waals surface area contributed by atoms with Crippen molar-refractivity contribution in [3.63, 3.8) is 0 Å². The molecule has 206 valence electrons. The SMILES string of the molecule is COc1cc2c(cc1N1C[C@@H](C)N(C)[C@@H](C)C1)N(C(=O)c1ccc(-c3nc(C)cnc3C)c3ccccc13)CC2. The molecule has 1 saturated heterocycles. The van der Waals surface area contributed by atoms with Gasteiger partial charge in [-0.25, -0.2) is 4.98 Å². The van der Waals surface area contributed by atoms with Gasteiger partial charge in [0.1, 0.15) is 5.75 Å². The van der Waals surface area contributed by atoms with Gasteiger partial charge < -0.3 is 14.5 Å². The summed E-state index contributed by atoms with van der Waals surface area (Å²) in [6, 6.07) is 17.2. The molecule has 1 fully saturated rings. The van der Waals surface area contributed by atoms with Gasteiger partial charge in [-0.3, -0.25) is 14.7 Å². The zero-order chi connectivity index (χ0) is 28.1. The first kappa shape index (κ1) is 26.3. The smallest absolute Gasteiger partial charge is 0.258 e. The highest BCUT2D eigenvalue weighted by Crippen LogP contribution is 2.41. The molecule has 0 spiro atoms. The molecule has 2 aliphatic rings. The summed E-state index contributed by atoms with van der Waals surface area (Å²) < 4.78 is 5.86. The molecule has 0 N–H and O–H groups in total. The van der Waals surface area contributed by atoms with E-state index in [2.05, 4.69) is 53.9 Å². The number of hydrogen-bond donors (Lipinski definition) is 0. The Morgan fingerprint density at radius 1 is 0.975 bits per heavy atom. The summed E-state index contributed by atoms with van der Waals surface area (Å²) in [6.45, 7) is 10.9. The van der Waals surface area contributed by atoms with Crippen LogP contribution >= 0.6 is 0 Å². The Balaban J connectivity index is 1.40. The maximum absolute atomic E-state index is 14.2. The van der Waals surface area contributed by atoms with Crippen LogP contribution in [0.5, 0.6) is 5.75 Å². The first-order valence-electron chi connectivity index (χ1n) is 14.1. The fourth-order valence-electron chi connectivity index (χ4n) is 6.26. The largest absolute Gasteiger partial charge is 0.495 e. The monoisotopic (exact) mass is 535 g/mol. The second-order valence-electron chi connectivity index (χ2n) is 11.3. The van der Waals surface area contributed by atoms with Crippen molar-refractivity contribution < 1.29 is 9.53 Å². The molecule has 7 nitrogen and oxygen atoms in total. The van der Waals surface area contributed by atoms with E-state index in [1.807, 2.05) is 49.1 Å². The quantitative estimate of drug-likeness (QED) is 0.336. The van der Waals surface area contributed by atoms with Gasteiger partial charge in [-0.1, -0.05) is 30.3 Å². The summed E-state index contributed by atoms with van der Waals surface area (Å²) in [5.41, 5.74) is 7.48. The van der Waals surface area contributed by atoms with Crippen LogP contribution in [-0.2, 0) is 6.42 Å². The van der Waals surface area contributed by atoms with Gasteiger partial charge in [0.2, 0.25) is 0 Å². The van der Waals surface area contributed by atoms with Gasteiger partial charge in [0.15, 0.2) is 0 Å². The van der Waals surface area contributed by atoms with E-state index in [0.717, 1.165) is 75.6 Å². The lowest BCUT2D eigenvalue weighted by molar-refractivity contribution is 0.0991. The zero-order valence-corrected chi connectivity index (χ0v) is 24.2. The molecular formula is C33H37N5O2. The molecule has 2 atom stereocenters. The van der Waals surface area contributed by atoms with Gasteiger partial charge in [0.25, 0.3) is 5.91 Å². The summed E-state index contributed by atoms with van der Waals surface area (Å²) in [7, 11) is 3.93. The number of fused-ring (bicyclic) bond motifs is 2. The third kappa shape index (κ3) is 4.38. The van der Waals surface area contributed by atoms with Crippen LogP contribution in [-0.4, -0.2) is 66.7 Å². The summed E-state index contributed by atoms with van der Waals surface area (Å²) >= 11 is 0. The topological polar surface area (TPSA) is 61.8 Å². The molecule has 6 rings (SSSR count). The molecule has 4 aromatic rings. The molecule has 1 aromatic heterocycles. The number of likely N-dealkylation sites (N-methyl/N-ethyl adjacent to an activating group) is 1. The van der Waals surface area contributed by atoms with Crippen LogP contribution in [0.4, 0.5) is 11.4 Å². The average Bonchev–Trinajstić information content (AvgIpc) is 3.38. The van der Waals surface area contributed by atoms with Crippen molar-refractivity contribution >= 4 is 28.1 Å². The van der Waals surface area contributed by atoms with Crippen LogP contribution in [0, 0.1) is 13.8 Å². The van der Waals surface area contributed by atoms with E-state index in [1.54, 1.807) is 13.3 Å². The van der Waals surface area contributed by atoms with Gasteiger partial charge in [0, 0.05) is 54.7 Å². The highest BCUT2D eigenvalue weighted by molar-refractivity contribution is 6.17. The molecule has 40 heavy (non-hydrogen) atoms. The summed E-state index contributed by atoms with van der Waals surface area (Å²) in [6.07, 6.45) is 2.60. The number of benzene rings is 3. The standard InChI is InChI=1S/C33H37N5O2/c1-20-17-34-23(4)32(35-20)27-11-12-28(26-10-8-7-9-25(26)27)33(39)38-14-13-24-15-31(40-6)30(16-29(24)38)37-18-21(2)36(5)22(3)19-37/h7-12,15-17,21-22H,13-14,18-19H2,1-6H3/t21-,22+. The molecule has 0 bridgehead atoms. The molecule has 3 aromatic carbocycles. The van der Waals surface area contributed by atoms with Gasteiger partial charge >= 0.3 is 0 Å². The van der Waals surface area contributed by atoms with Crippen molar-refractivity contribution in [1.82, 2.24) is 14.9 Å². The Labute approximate surface area is 236 Å². The lowest BCUT2D eigenvalue weighted by Gasteiger charge is -2.44. The Morgan fingerprint density at radius 3 is 2.42 bits per heavy atom. The van der Waals surface area contributed by atoms with Crippen LogP contribution < -0.4 is 14.5 Å². The van der Waals surface area contributed by atoms with Crippen molar-refractivity contribution in [3.8, 4) is 17.0 Å². The number of aromatic nitrogens is 2. The summed E-state index contributed by atoms with van der Waals surface area (Å²) in [4.78, 5) is 30.3. The predicted octanol–water partition coefficient (Wildman–Crippen LogP) is 5.65. The van der Waals surface area contributed by atoms with E-state index in [4.69, 9.17) is 9.72 Å². The highest BCUT2D eigenvalue weighted by Gasteiger charge is 2.32. The second kappa shape index (κ2) is 10.2. The van der Waals surface area contributed by atoms with E-state index in [1.165, 1.54) is 0 Å². The molecule has 0 radical (unpaired) electrons. The Hall–Kier alpha value is -3.97. The number of piperazine rings is 1. The molecular weight excluding hydrogens is 498 g/mol. The fourth-order valence-corrected chi connectivity index (χ4v) is 6.26. The number of hydrogen-bond acceptors (Lipinski definition) is 6. The maximum atomic E-state index is 14.2. The number of carbonyl (C=O) groups excluding carboxylic acids is 1. The lowest BCUT2D eigenvalue weighted by atomic mass is 9.96. The summed E-state index contributed by atoms with van der Waals surface area (Å²) in [5.74, 6) is 0.895. The van der Waals surface area contributed by atoms with Crippen LogP contribution in [0.2, 0.25) is 0 Å². The number of carbonyl (C=O) groups is 1. The fraction of sp³-hybridized carbons (Fsp3) is 0.364. The van der Waals surface area contributed by atoms with Crippen molar-refractivity contribution in [3.05, 3.63) is 77.2 Å². The van der Waals surface area contributed by atoms with Crippen molar-refractivity contribution in [2.75, 3.05) is 43.6 Å².